The van der Waals surface area contributed by atoms with Crippen LogP contribution in [0.2, 0.25) is 0 Å². The summed E-state index contributed by atoms with van der Waals surface area (Å²) >= 11 is 0. The quantitative estimate of drug-likeness (QED) is 0.892. The molecule has 3 rings (SSSR count). The number of rotatable bonds is 3. The normalized spacial score (nSPS) is 30.8. The Labute approximate surface area is 125 Å². The average molecular weight is 319 g/mol. The highest BCUT2D eigenvalue weighted by Crippen LogP contribution is 2.34. The van der Waals surface area contributed by atoms with Gasteiger partial charge in [-0.15, -0.1) is 0 Å². The van der Waals surface area contributed by atoms with Gasteiger partial charge in [-0.3, -0.25) is 9.69 Å². The molecule has 2 saturated heterocycles. The van der Waals surface area contributed by atoms with Gasteiger partial charge < -0.3 is 9.84 Å². The molecule has 0 bridgehead atoms. The molecule has 0 radical (unpaired) electrons. The van der Waals surface area contributed by atoms with Crippen molar-refractivity contribution in [3.8, 4) is 0 Å². The van der Waals surface area contributed by atoms with Crippen molar-refractivity contribution in [1.82, 2.24) is 15.4 Å². The molecule has 2 aliphatic rings. The highest BCUT2D eigenvalue weighted by molar-refractivity contribution is 5.05. The summed E-state index contributed by atoms with van der Waals surface area (Å²) in [5, 5.41) is 5.56. The molecular formula is C14H20F3N3O2. The summed E-state index contributed by atoms with van der Waals surface area (Å²) in [7, 11) is 0. The van der Waals surface area contributed by atoms with Crippen LogP contribution in [0.1, 0.15) is 37.4 Å². The highest BCUT2D eigenvalue weighted by atomic mass is 19.4. The first-order chi connectivity index (χ1) is 10.4. The van der Waals surface area contributed by atoms with E-state index in [1.54, 1.807) is 0 Å². The Kier molecular flexibility index (Phi) is 4.31. The molecule has 3 atom stereocenters. The van der Waals surface area contributed by atoms with Gasteiger partial charge in [0.2, 0.25) is 0 Å². The number of alkyl halides is 3. The van der Waals surface area contributed by atoms with Gasteiger partial charge in [-0.25, -0.2) is 0 Å². The van der Waals surface area contributed by atoms with E-state index in [0.29, 0.717) is 31.7 Å². The fourth-order valence-electron chi connectivity index (χ4n) is 3.60. The number of halogens is 3. The van der Waals surface area contributed by atoms with E-state index in [-0.39, 0.29) is 23.9 Å². The Morgan fingerprint density at radius 2 is 2.18 bits per heavy atom. The van der Waals surface area contributed by atoms with Crippen molar-refractivity contribution in [1.29, 1.82) is 0 Å². The number of likely N-dealkylation sites (tertiary alicyclic amines) is 1. The lowest BCUT2D eigenvalue weighted by atomic mass is 9.90. The predicted octanol–water partition coefficient (Wildman–Crippen LogP) is 1.83. The van der Waals surface area contributed by atoms with Crippen LogP contribution < -0.4 is 10.9 Å². The summed E-state index contributed by atoms with van der Waals surface area (Å²) in [6.45, 7) is 1.59. The van der Waals surface area contributed by atoms with Crippen LogP contribution in [0.5, 0.6) is 0 Å². The number of piperidine rings is 1. The standard InChI is InChI=1S/C14H20F3N3O2/c15-14(16,17)12-2-1-5-20(12)8-10-6-9(3-4-18-10)11-7-13(21)19-22-11/h7,9-10,12,18H,1-6,8H2,(H,19,21)/t9-,10+,12?/m0/s1. The number of nitrogens with zero attached hydrogens (tertiary/aromatic N) is 1. The van der Waals surface area contributed by atoms with Crippen molar-refractivity contribution in [2.24, 2.45) is 0 Å². The fraction of sp³-hybridized carbons (Fsp3) is 0.786. The van der Waals surface area contributed by atoms with Gasteiger partial charge in [0.05, 0.1) is 0 Å². The number of aromatic amines is 1. The number of H-pyrrole nitrogens is 1. The minimum absolute atomic E-state index is 0.0121. The van der Waals surface area contributed by atoms with E-state index in [1.807, 2.05) is 0 Å². The maximum atomic E-state index is 13.0. The van der Waals surface area contributed by atoms with Crippen molar-refractivity contribution in [2.75, 3.05) is 19.6 Å². The second-order valence-electron chi connectivity index (χ2n) is 6.18. The van der Waals surface area contributed by atoms with E-state index < -0.39 is 12.2 Å². The molecule has 0 saturated carbocycles. The van der Waals surface area contributed by atoms with Crippen LogP contribution in [0.15, 0.2) is 15.4 Å². The lowest BCUT2D eigenvalue weighted by Gasteiger charge is -2.34. The molecular weight excluding hydrogens is 299 g/mol. The molecule has 2 N–H and O–H groups in total. The van der Waals surface area contributed by atoms with Crippen LogP contribution >= 0.6 is 0 Å². The third-order valence-electron chi connectivity index (χ3n) is 4.64. The Bertz CT molecular complexity index is 554. The van der Waals surface area contributed by atoms with Crippen LogP contribution in [0.4, 0.5) is 13.2 Å². The zero-order chi connectivity index (χ0) is 15.7. The maximum absolute atomic E-state index is 13.0. The molecule has 0 aliphatic carbocycles. The van der Waals surface area contributed by atoms with Crippen molar-refractivity contribution in [3.63, 3.8) is 0 Å². The zero-order valence-corrected chi connectivity index (χ0v) is 12.2. The van der Waals surface area contributed by atoms with Crippen molar-refractivity contribution in [3.05, 3.63) is 22.2 Å². The van der Waals surface area contributed by atoms with Gasteiger partial charge in [-0.1, -0.05) is 0 Å². The summed E-state index contributed by atoms with van der Waals surface area (Å²) in [5.41, 5.74) is -0.276. The largest absolute Gasteiger partial charge is 0.404 e. The molecule has 1 aromatic heterocycles. The van der Waals surface area contributed by atoms with Crippen LogP contribution in [-0.2, 0) is 0 Å². The van der Waals surface area contributed by atoms with Gasteiger partial charge in [0.1, 0.15) is 11.8 Å². The number of aromatic nitrogens is 1. The Balaban J connectivity index is 1.62. The fourth-order valence-corrected chi connectivity index (χ4v) is 3.60. The number of hydrogen-bond donors (Lipinski definition) is 2. The van der Waals surface area contributed by atoms with E-state index in [4.69, 9.17) is 4.52 Å². The van der Waals surface area contributed by atoms with E-state index >= 15 is 0 Å². The first-order valence-electron chi connectivity index (χ1n) is 7.66. The van der Waals surface area contributed by atoms with Crippen molar-refractivity contribution in [2.45, 2.75) is 49.9 Å². The zero-order valence-electron chi connectivity index (χ0n) is 12.2. The average Bonchev–Trinajstić information content (AvgIpc) is 3.07. The summed E-state index contributed by atoms with van der Waals surface area (Å²) in [5.74, 6) is 0.683. The Morgan fingerprint density at radius 3 is 2.86 bits per heavy atom. The minimum atomic E-state index is -4.15. The number of nitrogens with one attached hydrogen (secondary N) is 2. The molecule has 0 amide bonds. The third kappa shape index (κ3) is 3.38. The monoisotopic (exact) mass is 319 g/mol. The van der Waals surface area contributed by atoms with Crippen LogP contribution in [0.25, 0.3) is 0 Å². The van der Waals surface area contributed by atoms with Gasteiger partial charge in [0.25, 0.3) is 5.56 Å². The second-order valence-corrected chi connectivity index (χ2v) is 6.18. The first-order valence-corrected chi connectivity index (χ1v) is 7.66. The van der Waals surface area contributed by atoms with Gasteiger partial charge in [-0.05, 0) is 38.8 Å². The lowest BCUT2D eigenvalue weighted by Crippen LogP contribution is -2.50. The van der Waals surface area contributed by atoms with Crippen LogP contribution in [0.3, 0.4) is 0 Å². The third-order valence-corrected chi connectivity index (χ3v) is 4.64. The van der Waals surface area contributed by atoms with Gasteiger partial charge in [0, 0.05) is 24.6 Å². The van der Waals surface area contributed by atoms with E-state index in [1.165, 1.54) is 11.0 Å². The molecule has 3 heterocycles. The first kappa shape index (κ1) is 15.6. The molecule has 5 nitrogen and oxygen atoms in total. The van der Waals surface area contributed by atoms with Gasteiger partial charge >= 0.3 is 6.18 Å². The Hall–Kier alpha value is -1.28. The maximum Gasteiger partial charge on any atom is 0.404 e. The Morgan fingerprint density at radius 1 is 1.36 bits per heavy atom. The van der Waals surface area contributed by atoms with Crippen LogP contribution in [0, 0.1) is 0 Å². The van der Waals surface area contributed by atoms with Gasteiger partial charge in [-0.2, -0.15) is 18.3 Å². The minimum Gasteiger partial charge on any atom is -0.383 e. The smallest absolute Gasteiger partial charge is 0.383 e. The molecule has 1 unspecified atom stereocenters. The lowest BCUT2D eigenvalue weighted by molar-refractivity contribution is -0.176. The molecule has 0 spiro atoms. The number of hydrogen-bond acceptors (Lipinski definition) is 4. The van der Waals surface area contributed by atoms with Crippen molar-refractivity contribution < 1.29 is 17.7 Å². The molecule has 8 heteroatoms. The summed E-state index contributed by atoms with van der Waals surface area (Å²) in [6.07, 6.45) is -1.88. The summed E-state index contributed by atoms with van der Waals surface area (Å²) < 4.78 is 44.1. The predicted molar refractivity (Wildman–Crippen MR) is 73.7 cm³/mol. The van der Waals surface area contributed by atoms with E-state index in [2.05, 4.69) is 10.5 Å². The van der Waals surface area contributed by atoms with E-state index in [9.17, 15) is 18.0 Å². The molecule has 22 heavy (non-hydrogen) atoms. The van der Waals surface area contributed by atoms with E-state index in [0.717, 1.165) is 13.0 Å². The van der Waals surface area contributed by atoms with Gasteiger partial charge in [0.15, 0.2) is 0 Å². The summed E-state index contributed by atoms with van der Waals surface area (Å²) in [6, 6.07) is 0.100. The van der Waals surface area contributed by atoms with Crippen molar-refractivity contribution >= 4 is 0 Å². The molecule has 124 valence electrons. The molecule has 1 aromatic rings. The highest BCUT2D eigenvalue weighted by Gasteiger charge is 2.46. The molecule has 2 aliphatic heterocycles. The van der Waals surface area contributed by atoms with Crippen LogP contribution in [-0.4, -0.2) is 48.0 Å². The summed E-state index contributed by atoms with van der Waals surface area (Å²) in [4.78, 5) is 12.7. The molecule has 2 fully saturated rings. The molecule has 0 aromatic carbocycles. The topological polar surface area (TPSA) is 61.3 Å². The SMILES string of the molecule is O=c1cc([C@H]2CCN[C@@H](CN3CCCC3C(F)(F)F)C2)o[nH]1. The second kappa shape index (κ2) is 6.08.